The molecule has 0 radical (unpaired) electrons. The SMILES string of the molecule is O=C(c1ccc2nc[nH]c2c1)N1[C@H]2CC[C@@H]1[C@@](CO)(Cc1ccccc1)C2. The summed E-state index contributed by atoms with van der Waals surface area (Å²) in [5, 5.41) is 10.3. The van der Waals surface area contributed by atoms with E-state index in [0.29, 0.717) is 5.56 Å². The summed E-state index contributed by atoms with van der Waals surface area (Å²) >= 11 is 0. The molecule has 3 heterocycles. The molecule has 0 unspecified atom stereocenters. The first-order valence-corrected chi connectivity index (χ1v) is 9.61. The predicted octanol–water partition coefficient (Wildman–Crippen LogP) is 3.16. The first-order chi connectivity index (χ1) is 13.2. The van der Waals surface area contributed by atoms with Crippen LogP contribution in [-0.4, -0.2) is 44.6 Å². The number of nitrogens with one attached hydrogen (secondary N) is 1. The molecule has 1 amide bonds. The standard InChI is InChI=1S/C22H23N3O2/c26-13-22(11-15-4-2-1-3-5-15)12-17-7-9-20(22)25(17)21(27)16-6-8-18-19(10-16)24-14-23-18/h1-6,8,10,14,17,20,26H,7,9,11-13H2,(H,23,24)/t17-,20+,22-/m0/s1. The van der Waals surface area contributed by atoms with Crippen LogP contribution < -0.4 is 0 Å². The van der Waals surface area contributed by atoms with Crippen LogP contribution in [-0.2, 0) is 6.42 Å². The van der Waals surface area contributed by atoms with Crippen LogP contribution in [0.3, 0.4) is 0 Å². The fourth-order valence-corrected chi connectivity index (χ4v) is 5.23. The largest absolute Gasteiger partial charge is 0.396 e. The number of hydrogen-bond acceptors (Lipinski definition) is 3. The Labute approximate surface area is 158 Å². The summed E-state index contributed by atoms with van der Waals surface area (Å²) in [6.07, 6.45) is 5.33. The Balaban J connectivity index is 1.46. The van der Waals surface area contributed by atoms with Crippen LogP contribution in [0.25, 0.3) is 11.0 Å². The summed E-state index contributed by atoms with van der Waals surface area (Å²) < 4.78 is 0. The van der Waals surface area contributed by atoms with Gasteiger partial charge in [0.15, 0.2) is 0 Å². The van der Waals surface area contributed by atoms with Crippen LogP contribution in [0.5, 0.6) is 0 Å². The van der Waals surface area contributed by atoms with Gasteiger partial charge in [0, 0.05) is 23.1 Å². The number of amides is 1. The summed E-state index contributed by atoms with van der Waals surface area (Å²) in [5.41, 5.74) is 3.43. The van der Waals surface area contributed by atoms with E-state index in [2.05, 4.69) is 27.0 Å². The van der Waals surface area contributed by atoms with E-state index in [4.69, 9.17) is 0 Å². The van der Waals surface area contributed by atoms with Crippen molar-refractivity contribution in [2.75, 3.05) is 6.61 Å². The summed E-state index contributed by atoms with van der Waals surface area (Å²) in [7, 11) is 0. The van der Waals surface area contributed by atoms with Gasteiger partial charge in [-0.3, -0.25) is 4.79 Å². The van der Waals surface area contributed by atoms with E-state index in [1.165, 1.54) is 5.56 Å². The number of aliphatic hydroxyl groups excluding tert-OH is 1. The molecule has 2 N–H and O–H groups in total. The molecule has 3 aromatic rings. The molecule has 3 atom stereocenters. The maximum Gasteiger partial charge on any atom is 0.254 e. The van der Waals surface area contributed by atoms with Gasteiger partial charge in [-0.15, -0.1) is 0 Å². The monoisotopic (exact) mass is 361 g/mol. The summed E-state index contributed by atoms with van der Waals surface area (Å²) in [6.45, 7) is 0.117. The summed E-state index contributed by atoms with van der Waals surface area (Å²) in [4.78, 5) is 22.7. The minimum Gasteiger partial charge on any atom is -0.396 e. The lowest BCUT2D eigenvalue weighted by atomic mass is 9.70. The number of carbonyl (C=O) groups excluding carboxylic acids is 1. The van der Waals surface area contributed by atoms with Gasteiger partial charge >= 0.3 is 0 Å². The van der Waals surface area contributed by atoms with E-state index >= 15 is 0 Å². The van der Waals surface area contributed by atoms with E-state index < -0.39 is 0 Å². The molecule has 138 valence electrons. The first-order valence-electron chi connectivity index (χ1n) is 9.61. The van der Waals surface area contributed by atoms with Crippen LogP contribution in [0.1, 0.15) is 35.2 Å². The third-order valence-electron chi connectivity index (χ3n) is 6.47. The maximum absolute atomic E-state index is 13.3. The zero-order chi connectivity index (χ0) is 18.4. The number of fused-ring (bicyclic) bond motifs is 3. The van der Waals surface area contributed by atoms with Crippen molar-refractivity contribution >= 4 is 16.9 Å². The normalized spacial score (nSPS) is 26.8. The highest BCUT2D eigenvalue weighted by atomic mass is 16.3. The van der Waals surface area contributed by atoms with Crippen molar-refractivity contribution in [2.45, 2.75) is 37.8 Å². The quantitative estimate of drug-likeness (QED) is 0.750. The number of aromatic nitrogens is 2. The Hall–Kier alpha value is -2.66. The molecule has 2 saturated heterocycles. The molecule has 5 heteroatoms. The zero-order valence-electron chi connectivity index (χ0n) is 15.1. The fraction of sp³-hybridized carbons (Fsp3) is 0.364. The molecular weight excluding hydrogens is 338 g/mol. The highest BCUT2D eigenvalue weighted by Gasteiger charge is 2.57. The van der Waals surface area contributed by atoms with Crippen LogP contribution in [0.2, 0.25) is 0 Å². The van der Waals surface area contributed by atoms with E-state index in [1.54, 1.807) is 6.33 Å². The van der Waals surface area contributed by atoms with Gasteiger partial charge in [0.1, 0.15) is 0 Å². The highest BCUT2D eigenvalue weighted by molar-refractivity contribution is 5.98. The number of imidazole rings is 1. The van der Waals surface area contributed by atoms with Crippen molar-refractivity contribution in [1.29, 1.82) is 0 Å². The van der Waals surface area contributed by atoms with Crippen molar-refractivity contribution in [3.63, 3.8) is 0 Å². The van der Waals surface area contributed by atoms with Gasteiger partial charge in [0.2, 0.25) is 0 Å². The first kappa shape index (κ1) is 16.5. The third-order valence-corrected chi connectivity index (χ3v) is 6.47. The Kier molecular flexibility index (Phi) is 3.79. The van der Waals surface area contributed by atoms with Gasteiger partial charge in [-0.2, -0.15) is 0 Å². The van der Waals surface area contributed by atoms with Gasteiger partial charge < -0.3 is 15.0 Å². The lowest BCUT2D eigenvalue weighted by Crippen LogP contribution is -2.43. The molecular formula is C22H23N3O2. The minimum absolute atomic E-state index is 0.0717. The van der Waals surface area contributed by atoms with Crippen LogP contribution in [0.4, 0.5) is 0 Å². The van der Waals surface area contributed by atoms with Gasteiger partial charge in [-0.25, -0.2) is 4.98 Å². The molecule has 2 aromatic carbocycles. The number of H-pyrrole nitrogens is 1. The number of rotatable bonds is 4. The van der Waals surface area contributed by atoms with Gasteiger partial charge in [-0.05, 0) is 49.4 Å². The lowest BCUT2D eigenvalue weighted by Gasteiger charge is -2.36. The molecule has 1 aromatic heterocycles. The van der Waals surface area contributed by atoms with E-state index in [1.807, 2.05) is 36.4 Å². The number of benzene rings is 2. The molecule has 27 heavy (non-hydrogen) atoms. The average molecular weight is 361 g/mol. The summed E-state index contributed by atoms with van der Waals surface area (Å²) in [6, 6.07) is 16.3. The zero-order valence-corrected chi connectivity index (χ0v) is 15.1. The van der Waals surface area contributed by atoms with Crippen molar-refractivity contribution in [1.82, 2.24) is 14.9 Å². The van der Waals surface area contributed by atoms with Crippen LogP contribution in [0, 0.1) is 5.41 Å². The number of aliphatic hydroxyl groups is 1. The van der Waals surface area contributed by atoms with Gasteiger partial charge in [-0.1, -0.05) is 30.3 Å². The Morgan fingerprint density at radius 1 is 1.22 bits per heavy atom. The molecule has 0 aliphatic carbocycles. The van der Waals surface area contributed by atoms with E-state index in [-0.39, 0.29) is 30.0 Å². The average Bonchev–Trinajstić information content (AvgIpc) is 3.41. The molecule has 2 fully saturated rings. The Morgan fingerprint density at radius 3 is 2.89 bits per heavy atom. The number of hydrogen-bond donors (Lipinski definition) is 2. The van der Waals surface area contributed by atoms with Crippen molar-refractivity contribution in [3.05, 3.63) is 66.0 Å². The predicted molar refractivity (Wildman–Crippen MR) is 103 cm³/mol. The minimum atomic E-state index is -0.238. The van der Waals surface area contributed by atoms with Crippen LogP contribution in [0.15, 0.2) is 54.9 Å². The smallest absolute Gasteiger partial charge is 0.254 e. The Morgan fingerprint density at radius 2 is 2.07 bits per heavy atom. The number of aromatic amines is 1. The molecule has 5 rings (SSSR count). The van der Waals surface area contributed by atoms with E-state index in [9.17, 15) is 9.90 Å². The third kappa shape index (κ3) is 2.57. The van der Waals surface area contributed by atoms with Crippen LogP contribution >= 0.6 is 0 Å². The fourth-order valence-electron chi connectivity index (χ4n) is 5.23. The number of carbonyl (C=O) groups is 1. The van der Waals surface area contributed by atoms with Gasteiger partial charge in [0.05, 0.1) is 24.0 Å². The molecule has 2 aliphatic heterocycles. The molecule has 2 aliphatic rings. The van der Waals surface area contributed by atoms with E-state index in [0.717, 1.165) is 36.7 Å². The lowest BCUT2D eigenvalue weighted by molar-refractivity contribution is 0.0571. The second-order valence-electron chi connectivity index (χ2n) is 7.98. The Bertz CT molecular complexity index is 983. The topological polar surface area (TPSA) is 69.2 Å². The maximum atomic E-state index is 13.3. The molecule has 0 saturated carbocycles. The number of nitrogens with zero attached hydrogens (tertiary/aromatic N) is 2. The van der Waals surface area contributed by atoms with Crippen molar-refractivity contribution in [3.8, 4) is 0 Å². The molecule has 2 bridgehead atoms. The molecule has 0 spiro atoms. The van der Waals surface area contributed by atoms with Crippen molar-refractivity contribution < 1.29 is 9.90 Å². The molecule has 5 nitrogen and oxygen atoms in total. The van der Waals surface area contributed by atoms with Gasteiger partial charge in [0.25, 0.3) is 5.91 Å². The van der Waals surface area contributed by atoms with Crippen molar-refractivity contribution in [2.24, 2.45) is 5.41 Å². The highest BCUT2D eigenvalue weighted by Crippen LogP contribution is 2.51. The summed E-state index contributed by atoms with van der Waals surface area (Å²) in [5.74, 6) is 0.0717. The second-order valence-corrected chi connectivity index (χ2v) is 7.98. The second kappa shape index (κ2) is 6.20.